The van der Waals surface area contributed by atoms with E-state index >= 15 is 0 Å². The second-order valence-corrected chi connectivity index (χ2v) is 6.00. The van der Waals surface area contributed by atoms with Crippen LogP contribution in [0.3, 0.4) is 0 Å². The summed E-state index contributed by atoms with van der Waals surface area (Å²) in [5.74, 6) is -0.499. The zero-order valence-corrected chi connectivity index (χ0v) is 13.6. The van der Waals surface area contributed by atoms with Crippen molar-refractivity contribution >= 4 is 49.9 Å². The van der Waals surface area contributed by atoms with Crippen molar-refractivity contribution in [1.29, 1.82) is 0 Å². The first-order valence-electron chi connectivity index (χ1n) is 6.54. The highest BCUT2D eigenvalue weighted by Crippen LogP contribution is 2.35. The number of hydrogen-bond acceptors (Lipinski definition) is 2. The average molecular weight is 377 g/mol. The van der Waals surface area contributed by atoms with E-state index in [0.717, 1.165) is 4.47 Å². The molecule has 0 aromatic heterocycles. The summed E-state index contributed by atoms with van der Waals surface area (Å²) in [6, 6.07) is 15.9. The van der Waals surface area contributed by atoms with Gasteiger partial charge in [0.15, 0.2) is 0 Å². The summed E-state index contributed by atoms with van der Waals surface area (Å²) in [5.41, 5.74) is 0.760. The van der Waals surface area contributed by atoms with Gasteiger partial charge in [0.2, 0.25) is 0 Å². The molecule has 0 heterocycles. The Labute approximate surface area is 140 Å². The molecule has 5 heteroatoms. The fourth-order valence-corrected chi connectivity index (χ4v) is 2.90. The molecule has 110 valence electrons. The summed E-state index contributed by atoms with van der Waals surface area (Å²) in [6.07, 6.45) is 0. The van der Waals surface area contributed by atoms with Gasteiger partial charge in [-0.15, -0.1) is 0 Å². The predicted molar refractivity (Wildman–Crippen MR) is 92.7 cm³/mol. The topological polar surface area (TPSA) is 49.3 Å². The Morgan fingerprint density at radius 1 is 1.05 bits per heavy atom. The summed E-state index contributed by atoms with van der Waals surface area (Å²) >= 11 is 9.58. The van der Waals surface area contributed by atoms with Gasteiger partial charge in [0.25, 0.3) is 5.91 Å². The molecule has 0 aliphatic carbocycles. The molecule has 3 aromatic rings. The van der Waals surface area contributed by atoms with Crippen LogP contribution in [-0.4, -0.2) is 11.0 Å². The number of carbonyl (C=O) groups is 1. The van der Waals surface area contributed by atoms with Gasteiger partial charge in [-0.1, -0.05) is 48.0 Å². The number of aromatic hydroxyl groups is 1. The van der Waals surface area contributed by atoms with Gasteiger partial charge in [0.1, 0.15) is 5.75 Å². The Bertz CT molecular complexity index is 880. The van der Waals surface area contributed by atoms with Crippen LogP contribution >= 0.6 is 27.5 Å². The number of para-hydroxylation sites is 1. The number of nitrogens with one attached hydrogen (secondary N) is 1. The molecule has 22 heavy (non-hydrogen) atoms. The van der Waals surface area contributed by atoms with Gasteiger partial charge >= 0.3 is 0 Å². The average Bonchev–Trinajstić information content (AvgIpc) is 2.53. The Hall–Kier alpha value is -2.04. The molecule has 0 spiro atoms. The van der Waals surface area contributed by atoms with Gasteiger partial charge in [-0.2, -0.15) is 0 Å². The molecule has 3 nitrogen and oxygen atoms in total. The van der Waals surface area contributed by atoms with E-state index in [2.05, 4.69) is 21.2 Å². The number of amides is 1. The molecule has 0 unspecified atom stereocenters. The minimum absolute atomic E-state index is 0.0791. The molecule has 0 radical (unpaired) electrons. The Morgan fingerprint density at radius 2 is 1.68 bits per heavy atom. The van der Waals surface area contributed by atoms with Gasteiger partial charge < -0.3 is 10.4 Å². The fourth-order valence-electron chi connectivity index (χ4n) is 2.24. The molecule has 3 rings (SSSR count). The van der Waals surface area contributed by atoms with Crippen LogP contribution in [-0.2, 0) is 0 Å². The van der Waals surface area contributed by atoms with Crippen molar-refractivity contribution in [3.63, 3.8) is 0 Å². The van der Waals surface area contributed by atoms with E-state index in [1.807, 2.05) is 24.3 Å². The van der Waals surface area contributed by atoms with Crippen LogP contribution in [0, 0.1) is 0 Å². The molecule has 3 aromatic carbocycles. The monoisotopic (exact) mass is 375 g/mol. The van der Waals surface area contributed by atoms with Crippen LogP contribution in [0.2, 0.25) is 5.02 Å². The number of halogens is 2. The Kier molecular flexibility index (Phi) is 4.05. The van der Waals surface area contributed by atoms with E-state index < -0.39 is 5.91 Å². The number of fused-ring (bicyclic) bond motifs is 1. The lowest BCUT2D eigenvalue weighted by Crippen LogP contribution is -2.12. The SMILES string of the molecule is O=C(Nc1ccccc1Br)c1cc(Cl)c2ccccc2c1O. The predicted octanol–water partition coefficient (Wildman–Crippen LogP) is 5.21. The summed E-state index contributed by atoms with van der Waals surface area (Å²) in [7, 11) is 0. The third-order valence-corrected chi connectivity index (χ3v) is 4.34. The lowest BCUT2D eigenvalue weighted by molar-refractivity contribution is 0.102. The summed E-state index contributed by atoms with van der Waals surface area (Å²) in [6.45, 7) is 0. The summed E-state index contributed by atoms with van der Waals surface area (Å²) < 4.78 is 0.759. The number of hydrogen-bond donors (Lipinski definition) is 2. The van der Waals surface area contributed by atoms with Gasteiger partial charge in [-0.25, -0.2) is 0 Å². The summed E-state index contributed by atoms with van der Waals surface area (Å²) in [4.78, 5) is 12.4. The van der Waals surface area contributed by atoms with Crippen molar-refractivity contribution in [2.24, 2.45) is 0 Å². The van der Waals surface area contributed by atoms with Crippen LogP contribution in [0.4, 0.5) is 5.69 Å². The molecule has 1 amide bonds. The first kappa shape index (κ1) is 14.9. The Balaban J connectivity index is 2.05. The van der Waals surface area contributed by atoms with E-state index in [1.54, 1.807) is 24.3 Å². The van der Waals surface area contributed by atoms with Crippen molar-refractivity contribution < 1.29 is 9.90 Å². The third-order valence-electron chi connectivity index (χ3n) is 3.33. The molecule has 0 saturated carbocycles. The van der Waals surface area contributed by atoms with Gasteiger partial charge in [-0.05, 0) is 34.1 Å². The number of carbonyl (C=O) groups excluding carboxylic acids is 1. The second kappa shape index (κ2) is 5.99. The molecule has 0 aliphatic rings. The summed E-state index contributed by atoms with van der Waals surface area (Å²) in [5, 5.41) is 14.8. The molecule has 0 bridgehead atoms. The molecule has 0 atom stereocenters. The highest BCUT2D eigenvalue weighted by atomic mass is 79.9. The molecule has 0 saturated heterocycles. The molecular weight excluding hydrogens is 366 g/mol. The largest absolute Gasteiger partial charge is 0.506 e. The van der Waals surface area contributed by atoms with Crippen LogP contribution in [0.1, 0.15) is 10.4 Å². The normalized spacial score (nSPS) is 10.6. The van der Waals surface area contributed by atoms with Crippen molar-refractivity contribution in [3.05, 3.63) is 69.7 Å². The molecule has 0 fully saturated rings. The smallest absolute Gasteiger partial charge is 0.259 e. The van der Waals surface area contributed by atoms with E-state index in [1.165, 1.54) is 6.07 Å². The first-order valence-corrected chi connectivity index (χ1v) is 7.71. The van der Waals surface area contributed by atoms with Gasteiger partial charge in [-0.3, -0.25) is 4.79 Å². The highest BCUT2D eigenvalue weighted by Gasteiger charge is 2.17. The minimum Gasteiger partial charge on any atom is -0.506 e. The maximum atomic E-state index is 12.4. The number of phenolic OH excluding ortho intramolecular Hbond substituents is 1. The van der Waals surface area contributed by atoms with Crippen molar-refractivity contribution in [3.8, 4) is 5.75 Å². The quantitative estimate of drug-likeness (QED) is 0.645. The van der Waals surface area contributed by atoms with E-state index in [4.69, 9.17) is 11.6 Å². The molecular formula is C17H11BrClNO2. The lowest BCUT2D eigenvalue weighted by atomic mass is 10.0. The van der Waals surface area contributed by atoms with E-state index in [0.29, 0.717) is 21.5 Å². The molecule has 0 aliphatic heterocycles. The van der Waals surface area contributed by atoms with Crippen molar-refractivity contribution in [2.45, 2.75) is 0 Å². The number of benzene rings is 3. The number of phenols is 1. The Morgan fingerprint density at radius 3 is 2.41 bits per heavy atom. The fraction of sp³-hybridized carbons (Fsp3) is 0. The molecule has 2 N–H and O–H groups in total. The van der Waals surface area contributed by atoms with E-state index in [9.17, 15) is 9.90 Å². The number of anilines is 1. The van der Waals surface area contributed by atoms with Crippen LogP contribution in [0.5, 0.6) is 5.75 Å². The van der Waals surface area contributed by atoms with Crippen LogP contribution in [0.15, 0.2) is 59.1 Å². The van der Waals surface area contributed by atoms with Gasteiger partial charge in [0, 0.05) is 20.3 Å². The van der Waals surface area contributed by atoms with E-state index in [-0.39, 0.29) is 11.3 Å². The van der Waals surface area contributed by atoms with Gasteiger partial charge in [0.05, 0.1) is 11.3 Å². The second-order valence-electron chi connectivity index (χ2n) is 4.73. The first-order chi connectivity index (χ1) is 10.6. The third kappa shape index (κ3) is 2.67. The zero-order valence-electron chi connectivity index (χ0n) is 11.3. The lowest BCUT2D eigenvalue weighted by Gasteiger charge is -2.11. The van der Waals surface area contributed by atoms with Crippen molar-refractivity contribution in [2.75, 3.05) is 5.32 Å². The maximum Gasteiger partial charge on any atom is 0.259 e. The number of rotatable bonds is 2. The highest BCUT2D eigenvalue weighted by molar-refractivity contribution is 9.10. The zero-order chi connectivity index (χ0) is 15.7. The van der Waals surface area contributed by atoms with Crippen molar-refractivity contribution in [1.82, 2.24) is 0 Å². The maximum absolute atomic E-state index is 12.4. The standard InChI is InChI=1S/C17H11BrClNO2/c18-13-7-3-4-8-15(13)20-17(22)12-9-14(19)10-5-1-2-6-11(10)16(12)21/h1-9,21H,(H,20,22). The minimum atomic E-state index is -0.419. The van der Waals surface area contributed by atoms with Crippen LogP contribution in [0.25, 0.3) is 10.8 Å². The van der Waals surface area contributed by atoms with Crippen LogP contribution < -0.4 is 5.32 Å².